The summed E-state index contributed by atoms with van der Waals surface area (Å²) in [4.78, 5) is 28.7. The molecule has 0 radical (unpaired) electrons. The van der Waals surface area contributed by atoms with E-state index in [-0.39, 0.29) is 24.7 Å². The Hall–Kier alpha value is -3.87. The molecule has 0 aromatic carbocycles. The van der Waals surface area contributed by atoms with Crippen LogP contribution < -0.4 is 10.6 Å². The predicted octanol–water partition coefficient (Wildman–Crippen LogP) is 4.52. The van der Waals surface area contributed by atoms with Crippen molar-refractivity contribution in [3.8, 4) is 0 Å². The van der Waals surface area contributed by atoms with Gasteiger partial charge in [-0.05, 0) is 53.0 Å². The van der Waals surface area contributed by atoms with Crippen molar-refractivity contribution in [2.75, 3.05) is 19.0 Å². The Morgan fingerprint density at radius 3 is 2.72 bits per heavy atom. The molecule has 4 rings (SSSR count). The first-order valence-corrected chi connectivity index (χ1v) is 13.2. The number of carbonyl (C=O) groups is 2. The van der Waals surface area contributed by atoms with E-state index in [0.29, 0.717) is 24.7 Å². The molecule has 0 spiro atoms. The van der Waals surface area contributed by atoms with Gasteiger partial charge in [0.1, 0.15) is 11.6 Å². The lowest BCUT2D eigenvalue weighted by molar-refractivity contribution is -0.000130. The van der Waals surface area contributed by atoms with Crippen molar-refractivity contribution in [1.29, 1.82) is 0 Å². The molecule has 1 amide bonds. The van der Waals surface area contributed by atoms with Gasteiger partial charge in [0.25, 0.3) is 0 Å². The van der Waals surface area contributed by atoms with Crippen LogP contribution >= 0.6 is 0 Å². The highest BCUT2D eigenvalue weighted by molar-refractivity contribution is 5.91. The van der Waals surface area contributed by atoms with Gasteiger partial charge < -0.3 is 29.6 Å². The van der Waals surface area contributed by atoms with Gasteiger partial charge in [-0.2, -0.15) is 10.2 Å². The number of carbonyl (C=O) groups excluding carboxylic acids is 2. The summed E-state index contributed by atoms with van der Waals surface area (Å²) in [5, 5.41) is 16.3. The normalized spacial score (nSPS) is 17.8. The molecule has 1 saturated carbocycles. The summed E-state index contributed by atoms with van der Waals surface area (Å²) >= 11 is 0. The van der Waals surface area contributed by atoms with Crippen LogP contribution in [0.15, 0.2) is 18.3 Å². The number of rotatable bonds is 10. The second-order valence-electron chi connectivity index (χ2n) is 9.82. The number of aryl methyl sites for hydroxylation is 1. The smallest absolute Gasteiger partial charge is 0.446 e. The molecule has 3 heterocycles. The maximum Gasteiger partial charge on any atom is 0.510 e. The van der Waals surface area contributed by atoms with E-state index in [4.69, 9.17) is 24.0 Å². The van der Waals surface area contributed by atoms with Gasteiger partial charge in [0.15, 0.2) is 17.9 Å². The summed E-state index contributed by atoms with van der Waals surface area (Å²) in [6, 6.07) is 3.81. The third kappa shape index (κ3) is 6.59. The van der Waals surface area contributed by atoms with Crippen molar-refractivity contribution in [3.05, 3.63) is 29.7 Å². The number of hydrogen-bond donors (Lipinski definition) is 2. The number of aromatic nitrogens is 5. The van der Waals surface area contributed by atoms with E-state index in [0.717, 1.165) is 35.1 Å². The highest BCUT2D eigenvalue weighted by atomic mass is 16.7. The molecule has 0 aliphatic heterocycles. The minimum atomic E-state index is -0.772. The molecular weight excluding hydrogens is 506 g/mol. The van der Waals surface area contributed by atoms with E-state index >= 15 is 0 Å². The van der Waals surface area contributed by atoms with Crippen molar-refractivity contribution in [3.63, 3.8) is 0 Å². The molecule has 3 aromatic heterocycles. The fourth-order valence-corrected chi connectivity index (χ4v) is 4.90. The highest BCUT2D eigenvalue weighted by Crippen LogP contribution is 2.38. The van der Waals surface area contributed by atoms with Crippen LogP contribution in [0.25, 0.3) is 10.9 Å². The molecule has 3 aromatic rings. The van der Waals surface area contributed by atoms with Gasteiger partial charge in [-0.1, -0.05) is 0 Å². The van der Waals surface area contributed by atoms with Crippen LogP contribution in [0.1, 0.15) is 70.5 Å². The van der Waals surface area contributed by atoms with Crippen LogP contribution in [0.3, 0.4) is 0 Å². The van der Waals surface area contributed by atoms with Gasteiger partial charge >= 0.3 is 12.2 Å². The molecule has 0 bridgehead atoms. The zero-order valence-corrected chi connectivity index (χ0v) is 23.3. The Labute approximate surface area is 227 Å². The second-order valence-corrected chi connectivity index (χ2v) is 9.82. The summed E-state index contributed by atoms with van der Waals surface area (Å²) in [6.07, 6.45) is 1.68. The number of anilines is 2. The standard InChI is InChI=1S/C26H37N7O6/c1-7-37-26(35)38-16(4)33-21(17-8-9-18(12-17)39-25(34)28-15(2)3)13-22(31-33)29-24-23-19(10-11-27-24)20(14-36-6)30-32(23)5/h10-11,13,15-18H,7-9,12,14H2,1-6H3,(H,28,34)(H,27,29,31). The lowest BCUT2D eigenvalue weighted by Gasteiger charge is -2.19. The van der Waals surface area contributed by atoms with Crippen LogP contribution in [0.2, 0.25) is 0 Å². The number of ether oxygens (including phenoxy) is 4. The Morgan fingerprint density at radius 2 is 2.00 bits per heavy atom. The first-order chi connectivity index (χ1) is 18.7. The number of pyridine rings is 1. The Kier molecular flexibility index (Phi) is 8.90. The predicted molar refractivity (Wildman–Crippen MR) is 143 cm³/mol. The number of nitrogens with zero attached hydrogens (tertiary/aromatic N) is 5. The molecule has 39 heavy (non-hydrogen) atoms. The number of amides is 1. The first kappa shape index (κ1) is 28.1. The van der Waals surface area contributed by atoms with Gasteiger partial charge in [0.2, 0.25) is 0 Å². The van der Waals surface area contributed by atoms with E-state index in [2.05, 4.69) is 20.7 Å². The van der Waals surface area contributed by atoms with Crippen molar-refractivity contribution < 1.29 is 28.5 Å². The molecular formula is C26H37N7O6. The highest BCUT2D eigenvalue weighted by Gasteiger charge is 2.33. The topological polar surface area (TPSA) is 144 Å². The summed E-state index contributed by atoms with van der Waals surface area (Å²) in [5.74, 6) is 1.14. The molecule has 13 heteroatoms. The number of methoxy groups -OCH3 is 1. The van der Waals surface area contributed by atoms with Crippen molar-refractivity contribution in [2.24, 2.45) is 7.05 Å². The van der Waals surface area contributed by atoms with Gasteiger partial charge in [-0.15, -0.1) is 0 Å². The van der Waals surface area contributed by atoms with Crippen LogP contribution in [0, 0.1) is 0 Å². The Bertz CT molecular complexity index is 1300. The molecule has 3 unspecified atom stereocenters. The van der Waals surface area contributed by atoms with Crippen molar-refractivity contribution in [2.45, 2.75) is 77.9 Å². The van der Waals surface area contributed by atoms with Crippen LogP contribution in [0.4, 0.5) is 21.2 Å². The third-order valence-corrected chi connectivity index (χ3v) is 6.48. The van der Waals surface area contributed by atoms with E-state index in [1.807, 2.05) is 33.0 Å². The minimum Gasteiger partial charge on any atom is -0.446 e. The minimum absolute atomic E-state index is 0.00583. The van der Waals surface area contributed by atoms with Crippen LogP contribution in [-0.2, 0) is 32.6 Å². The van der Waals surface area contributed by atoms with E-state index in [1.54, 1.807) is 36.5 Å². The maximum atomic E-state index is 12.1. The lowest BCUT2D eigenvalue weighted by atomic mass is 10.0. The summed E-state index contributed by atoms with van der Waals surface area (Å²) in [6.45, 7) is 7.79. The molecule has 212 valence electrons. The van der Waals surface area contributed by atoms with Crippen LogP contribution in [0.5, 0.6) is 0 Å². The summed E-state index contributed by atoms with van der Waals surface area (Å²) < 4.78 is 24.8. The molecule has 1 fully saturated rings. The van der Waals surface area contributed by atoms with E-state index in [1.165, 1.54) is 0 Å². The molecule has 1 aliphatic carbocycles. The molecule has 3 atom stereocenters. The molecule has 2 N–H and O–H groups in total. The monoisotopic (exact) mass is 543 g/mol. The number of fused-ring (bicyclic) bond motifs is 1. The van der Waals surface area contributed by atoms with Crippen molar-refractivity contribution in [1.82, 2.24) is 29.9 Å². The number of nitrogens with one attached hydrogen (secondary N) is 2. The largest absolute Gasteiger partial charge is 0.510 e. The molecule has 0 saturated heterocycles. The zero-order chi connectivity index (χ0) is 28.1. The van der Waals surface area contributed by atoms with Crippen LogP contribution in [-0.4, -0.2) is 62.7 Å². The third-order valence-electron chi connectivity index (χ3n) is 6.48. The maximum absolute atomic E-state index is 12.1. The summed E-state index contributed by atoms with van der Waals surface area (Å²) in [5.41, 5.74) is 2.46. The van der Waals surface area contributed by atoms with Gasteiger partial charge in [-0.25, -0.2) is 19.3 Å². The van der Waals surface area contributed by atoms with Gasteiger partial charge in [0.05, 0.1) is 18.9 Å². The van der Waals surface area contributed by atoms with E-state index < -0.39 is 18.5 Å². The Morgan fingerprint density at radius 1 is 1.21 bits per heavy atom. The SMILES string of the molecule is CCOC(=O)OC(C)n1nc(Nc2nccc3c(COC)nn(C)c23)cc1C1CCC(OC(=O)NC(C)C)C1. The van der Waals surface area contributed by atoms with Crippen molar-refractivity contribution >= 4 is 34.8 Å². The zero-order valence-electron chi connectivity index (χ0n) is 23.3. The van der Waals surface area contributed by atoms with Gasteiger partial charge in [-0.3, -0.25) is 4.68 Å². The molecule has 1 aliphatic rings. The number of hydrogen-bond acceptors (Lipinski definition) is 10. The fourth-order valence-electron chi connectivity index (χ4n) is 4.90. The second kappa shape index (κ2) is 12.3. The number of alkyl carbamates (subject to hydrolysis) is 1. The average Bonchev–Trinajstić information content (AvgIpc) is 3.57. The molecule has 13 nitrogen and oxygen atoms in total. The fraction of sp³-hybridized carbons (Fsp3) is 0.577. The quantitative estimate of drug-likeness (QED) is 0.350. The van der Waals surface area contributed by atoms with Gasteiger partial charge in [0, 0.05) is 49.5 Å². The lowest BCUT2D eigenvalue weighted by Crippen LogP contribution is -2.33. The average molecular weight is 544 g/mol. The first-order valence-electron chi connectivity index (χ1n) is 13.2. The summed E-state index contributed by atoms with van der Waals surface area (Å²) in [7, 11) is 3.48. The Balaban J connectivity index is 1.61. The van der Waals surface area contributed by atoms with E-state index in [9.17, 15) is 9.59 Å².